The molecule has 0 aliphatic heterocycles. The molecule has 3 rings (SSSR count). The monoisotopic (exact) mass is 351 g/mol. The first kappa shape index (κ1) is 17.8. The molecule has 0 fully saturated rings. The molecule has 0 atom stereocenters. The summed E-state index contributed by atoms with van der Waals surface area (Å²) in [6, 6.07) is 29.3. The highest BCUT2D eigenvalue weighted by atomic mass is 16.5. The van der Waals surface area contributed by atoms with Crippen molar-refractivity contribution in [3.63, 3.8) is 0 Å². The van der Waals surface area contributed by atoms with Crippen LogP contribution in [-0.4, -0.2) is 0 Å². The smallest absolute Gasteiger partial charge is 0.145 e. The number of nitriles is 2. The van der Waals surface area contributed by atoms with Gasteiger partial charge < -0.3 is 10.1 Å². The Morgan fingerprint density at radius 3 is 2.22 bits per heavy atom. The van der Waals surface area contributed by atoms with Crippen LogP contribution in [0.15, 0.2) is 90.6 Å². The van der Waals surface area contributed by atoms with E-state index in [4.69, 9.17) is 15.3 Å². The van der Waals surface area contributed by atoms with Crippen LogP contribution in [0.25, 0.3) is 11.1 Å². The zero-order chi connectivity index (χ0) is 18.9. The summed E-state index contributed by atoms with van der Waals surface area (Å²) in [5.41, 5.74) is 3.96. The maximum atomic E-state index is 8.77. The van der Waals surface area contributed by atoms with Gasteiger partial charge in [0.25, 0.3) is 0 Å². The first-order chi connectivity index (χ1) is 13.3. The third-order valence-electron chi connectivity index (χ3n) is 3.94. The molecule has 27 heavy (non-hydrogen) atoms. The van der Waals surface area contributed by atoms with Gasteiger partial charge in [-0.05, 0) is 29.3 Å². The Bertz CT molecular complexity index is 994. The number of hydrogen-bond acceptors (Lipinski definition) is 4. The van der Waals surface area contributed by atoms with Crippen LogP contribution < -0.4 is 10.1 Å². The average Bonchev–Trinajstić information content (AvgIpc) is 2.74. The van der Waals surface area contributed by atoms with E-state index >= 15 is 0 Å². The van der Waals surface area contributed by atoms with E-state index in [0.29, 0.717) is 6.61 Å². The number of para-hydroxylation sites is 1. The first-order valence-electron chi connectivity index (χ1n) is 8.43. The van der Waals surface area contributed by atoms with Gasteiger partial charge in [0.15, 0.2) is 0 Å². The Morgan fingerprint density at radius 2 is 1.52 bits per heavy atom. The number of nitrogens with one attached hydrogen (secondary N) is 1. The van der Waals surface area contributed by atoms with Crippen molar-refractivity contribution in [2.75, 3.05) is 5.32 Å². The van der Waals surface area contributed by atoms with Gasteiger partial charge in [0, 0.05) is 17.5 Å². The molecule has 0 heterocycles. The lowest BCUT2D eigenvalue weighted by atomic mass is 10.0. The van der Waals surface area contributed by atoms with Crippen LogP contribution in [0.2, 0.25) is 0 Å². The van der Waals surface area contributed by atoms with Gasteiger partial charge in [-0.15, -0.1) is 0 Å². The van der Waals surface area contributed by atoms with Crippen LogP contribution in [-0.2, 0) is 6.61 Å². The molecule has 3 aromatic rings. The Labute approximate surface area is 158 Å². The van der Waals surface area contributed by atoms with E-state index in [-0.39, 0.29) is 5.57 Å². The third-order valence-corrected chi connectivity index (χ3v) is 3.94. The molecule has 4 nitrogen and oxygen atoms in total. The SMILES string of the molecule is N#CC(C#N)=CNc1ccc(-c2ccccc2OCc2ccccc2)cc1. The van der Waals surface area contributed by atoms with Crippen molar-refractivity contribution >= 4 is 5.69 Å². The molecular weight excluding hydrogens is 334 g/mol. The fourth-order valence-corrected chi connectivity index (χ4v) is 2.56. The molecule has 0 aliphatic carbocycles. The largest absolute Gasteiger partial charge is 0.488 e. The van der Waals surface area contributed by atoms with Crippen molar-refractivity contribution < 1.29 is 4.74 Å². The molecule has 0 spiro atoms. The van der Waals surface area contributed by atoms with Gasteiger partial charge in [0.2, 0.25) is 0 Å². The van der Waals surface area contributed by atoms with Crippen LogP contribution in [0.1, 0.15) is 5.56 Å². The third kappa shape index (κ3) is 4.75. The van der Waals surface area contributed by atoms with Crippen LogP contribution in [0, 0.1) is 22.7 Å². The molecule has 0 radical (unpaired) electrons. The highest BCUT2D eigenvalue weighted by Gasteiger charge is 2.06. The maximum Gasteiger partial charge on any atom is 0.145 e. The lowest BCUT2D eigenvalue weighted by Gasteiger charge is -2.12. The molecule has 1 N–H and O–H groups in total. The summed E-state index contributed by atoms with van der Waals surface area (Å²) >= 11 is 0. The van der Waals surface area contributed by atoms with Gasteiger partial charge in [-0.1, -0.05) is 60.7 Å². The van der Waals surface area contributed by atoms with Crippen molar-refractivity contribution in [3.8, 4) is 29.0 Å². The number of hydrogen-bond donors (Lipinski definition) is 1. The highest BCUT2D eigenvalue weighted by molar-refractivity contribution is 5.72. The first-order valence-corrected chi connectivity index (χ1v) is 8.43. The Hall–Kier alpha value is -4.02. The van der Waals surface area contributed by atoms with Crippen molar-refractivity contribution in [2.45, 2.75) is 6.61 Å². The minimum atomic E-state index is 0.0266. The highest BCUT2D eigenvalue weighted by Crippen LogP contribution is 2.31. The summed E-state index contributed by atoms with van der Waals surface area (Å²) in [4.78, 5) is 0. The van der Waals surface area contributed by atoms with E-state index in [1.807, 2.05) is 91.0 Å². The quantitative estimate of drug-likeness (QED) is 0.614. The number of rotatable bonds is 6. The summed E-state index contributed by atoms with van der Waals surface area (Å²) in [6.45, 7) is 0.507. The summed E-state index contributed by atoms with van der Waals surface area (Å²) in [5.74, 6) is 0.818. The molecule has 0 bridgehead atoms. The molecular formula is C23H17N3O. The molecule has 0 saturated carbocycles. The van der Waals surface area contributed by atoms with Crippen LogP contribution >= 0.6 is 0 Å². The van der Waals surface area contributed by atoms with Gasteiger partial charge in [-0.3, -0.25) is 0 Å². The Balaban J connectivity index is 1.76. The number of benzene rings is 3. The van der Waals surface area contributed by atoms with Gasteiger partial charge in [0.05, 0.1) is 0 Å². The van der Waals surface area contributed by atoms with Crippen LogP contribution in [0.3, 0.4) is 0 Å². The van der Waals surface area contributed by atoms with Gasteiger partial charge in [-0.2, -0.15) is 10.5 Å². The Morgan fingerprint density at radius 1 is 0.852 bits per heavy atom. The summed E-state index contributed by atoms with van der Waals surface area (Å²) < 4.78 is 6.02. The molecule has 130 valence electrons. The van der Waals surface area contributed by atoms with Gasteiger partial charge >= 0.3 is 0 Å². The number of allylic oxidation sites excluding steroid dienone is 1. The topological polar surface area (TPSA) is 68.8 Å². The van der Waals surface area contributed by atoms with E-state index in [0.717, 1.165) is 28.1 Å². The standard InChI is InChI=1S/C23H17N3O/c24-14-19(15-25)16-26-21-12-10-20(11-13-21)22-8-4-5-9-23(22)27-17-18-6-2-1-3-7-18/h1-13,16,26H,17H2. The summed E-state index contributed by atoms with van der Waals surface area (Å²) in [6.07, 6.45) is 1.39. The second-order valence-corrected chi connectivity index (χ2v) is 5.77. The van der Waals surface area contributed by atoms with Crippen LogP contribution in [0.4, 0.5) is 5.69 Å². The molecule has 0 saturated heterocycles. The van der Waals surface area contributed by atoms with Gasteiger partial charge in [0.1, 0.15) is 30.1 Å². The fourth-order valence-electron chi connectivity index (χ4n) is 2.56. The molecule has 0 aliphatic rings. The predicted octanol–water partition coefficient (Wildman–Crippen LogP) is 5.28. The number of ether oxygens (including phenoxy) is 1. The van der Waals surface area contributed by atoms with E-state index in [2.05, 4.69) is 5.32 Å². The average molecular weight is 351 g/mol. The number of nitrogens with zero attached hydrogens (tertiary/aromatic N) is 2. The minimum Gasteiger partial charge on any atom is -0.488 e. The second-order valence-electron chi connectivity index (χ2n) is 5.77. The zero-order valence-electron chi connectivity index (χ0n) is 14.6. The zero-order valence-corrected chi connectivity index (χ0v) is 14.6. The van der Waals surface area contributed by atoms with E-state index in [1.165, 1.54) is 6.20 Å². The number of anilines is 1. The molecule has 3 aromatic carbocycles. The minimum absolute atomic E-state index is 0.0266. The van der Waals surface area contributed by atoms with Crippen molar-refractivity contribution in [2.24, 2.45) is 0 Å². The lowest BCUT2D eigenvalue weighted by molar-refractivity contribution is 0.307. The van der Waals surface area contributed by atoms with Crippen molar-refractivity contribution in [1.29, 1.82) is 10.5 Å². The Kier molecular flexibility index (Phi) is 5.86. The van der Waals surface area contributed by atoms with E-state index in [1.54, 1.807) is 0 Å². The summed E-state index contributed by atoms with van der Waals surface area (Å²) in [7, 11) is 0. The van der Waals surface area contributed by atoms with Crippen molar-refractivity contribution in [1.82, 2.24) is 0 Å². The molecule has 4 heteroatoms. The molecule has 0 aromatic heterocycles. The summed E-state index contributed by atoms with van der Waals surface area (Å²) in [5, 5.41) is 20.5. The molecule has 0 amide bonds. The second kappa shape index (κ2) is 8.89. The lowest BCUT2D eigenvalue weighted by Crippen LogP contribution is -1.96. The normalized spacial score (nSPS) is 9.56. The fraction of sp³-hybridized carbons (Fsp3) is 0.0435. The van der Waals surface area contributed by atoms with E-state index < -0.39 is 0 Å². The van der Waals surface area contributed by atoms with Crippen molar-refractivity contribution in [3.05, 3.63) is 96.2 Å². The van der Waals surface area contributed by atoms with Crippen LogP contribution in [0.5, 0.6) is 5.75 Å². The maximum absolute atomic E-state index is 8.77. The van der Waals surface area contributed by atoms with Gasteiger partial charge in [-0.25, -0.2) is 0 Å². The predicted molar refractivity (Wildman–Crippen MR) is 106 cm³/mol. The van der Waals surface area contributed by atoms with E-state index in [9.17, 15) is 0 Å². The molecule has 0 unspecified atom stereocenters.